The molecular weight excluding hydrogens is 478 g/mol. The number of likely N-dealkylation sites (N-methyl/N-ethyl adjacent to an activating group) is 2. The minimum atomic E-state index is -0.974. The van der Waals surface area contributed by atoms with E-state index >= 15 is 0 Å². The predicted molar refractivity (Wildman–Crippen MR) is 141 cm³/mol. The van der Waals surface area contributed by atoms with Crippen LogP contribution < -0.4 is 15.4 Å². The van der Waals surface area contributed by atoms with Crippen LogP contribution in [0.1, 0.15) is 17.5 Å². The number of hydrogen-bond acceptors (Lipinski definition) is 5. The molecule has 0 radical (unpaired) electrons. The number of carboxylic acids is 1. The normalized spacial score (nSPS) is 10.3. The molecule has 2 aromatic rings. The van der Waals surface area contributed by atoms with Crippen molar-refractivity contribution in [3.05, 3.63) is 53.6 Å². The van der Waals surface area contributed by atoms with Gasteiger partial charge in [0.2, 0.25) is 5.91 Å². The maximum Gasteiger partial charge on any atom is 0.323 e. The predicted octanol–water partition coefficient (Wildman–Crippen LogP) is 3.11. The summed E-state index contributed by atoms with van der Waals surface area (Å²) in [4.78, 5) is 52.5. The molecule has 0 saturated heterocycles. The molecule has 0 spiro atoms. The summed E-state index contributed by atoms with van der Waals surface area (Å²) in [5.41, 5.74) is 2.80. The minimum absolute atomic E-state index is 0.105. The van der Waals surface area contributed by atoms with Gasteiger partial charge in [0, 0.05) is 46.5 Å². The number of carboxylic acid groups (broad SMARTS) is 1. The first kappa shape index (κ1) is 29.0. The van der Waals surface area contributed by atoms with Crippen LogP contribution in [-0.4, -0.2) is 91.6 Å². The number of aliphatic carboxylic acids is 1. The fourth-order valence-corrected chi connectivity index (χ4v) is 3.42. The number of aryl methyl sites for hydroxylation is 1. The van der Waals surface area contributed by atoms with Crippen molar-refractivity contribution >= 4 is 35.3 Å². The van der Waals surface area contributed by atoms with Gasteiger partial charge in [-0.2, -0.15) is 0 Å². The molecule has 3 N–H and O–H groups in total. The largest absolute Gasteiger partial charge is 0.495 e. The van der Waals surface area contributed by atoms with Gasteiger partial charge < -0.3 is 35.2 Å². The average Bonchev–Trinajstić information content (AvgIpc) is 2.87. The Bertz CT molecular complexity index is 1120. The van der Waals surface area contributed by atoms with Crippen molar-refractivity contribution in [2.45, 2.75) is 19.8 Å². The molecule has 11 nitrogen and oxygen atoms in total. The van der Waals surface area contributed by atoms with Gasteiger partial charge in [0.25, 0.3) is 0 Å². The van der Waals surface area contributed by atoms with Crippen LogP contribution in [0.25, 0.3) is 0 Å². The molecule has 0 aromatic heterocycles. The van der Waals surface area contributed by atoms with Crippen molar-refractivity contribution in [2.75, 3.05) is 58.5 Å². The number of nitrogens with one attached hydrogen (secondary N) is 2. The monoisotopic (exact) mass is 513 g/mol. The molecule has 0 unspecified atom stereocenters. The smallest absolute Gasteiger partial charge is 0.323 e. The van der Waals surface area contributed by atoms with Gasteiger partial charge in [-0.1, -0.05) is 24.3 Å². The molecular formula is C26H35N5O6. The first-order chi connectivity index (χ1) is 17.5. The molecule has 0 aliphatic heterocycles. The topological polar surface area (TPSA) is 132 Å². The zero-order chi connectivity index (χ0) is 27.5. The van der Waals surface area contributed by atoms with E-state index in [2.05, 4.69) is 10.6 Å². The third-order valence-electron chi connectivity index (χ3n) is 5.77. The van der Waals surface area contributed by atoms with Crippen LogP contribution in [0.15, 0.2) is 42.5 Å². The van der Waals surface area contributed by atoms with Gasteiger partial charge in [0.15, 0.2) is 0 Å². The standard InChI is InChI=1S/C26H35N5O6/c1-18-8-6-7-9-20(18)27-25(35)28-21-11-10-19(16-22(21)37-5)17-23(32)29(2)14-15-31(4)26(36)30(3)13-12-24(33)34/h6-11,16H,12-15,17H2,1-5H3,(H,33,34)(H2,27,28,35). The van der Waals surface area contributed by atoms with E-state index in [0.29, 0.717) is 35.8 Å². The summed E-state index contributed by atoms with van der Waals surface area (Å²) in [6.45, 7) is 2.60. The van der Waals surface area contributed by atoms with Gasteiger partial charge in [-0.3, -0.25) is 9.59 Å². The van der Waals surface area contributed by atoms with Gasteiger partial charge in [-0.05, 0) is 36.2 Å². The summed E-state index contributed by atoms with van der Waals surface area (Å²) < 4.78 is 5.41. The highest BCUT2D eigenvalue weighted by Gasteiger charge is 2.18. The Morgan fingerprint density at radius 2 is 1.49 bits per heavy atom. The summed E-state index contributed by atoms with van der Waals surface area (Å²) in [6.07, 6.45) is -0.0255. The zero-order valence-corrected chi connectivity index (χ0v) is 21.9. The van der Waals surface area contributed by atoms with Crippen LogP contribution in [-0.2, 0) is 16.0 Å². The van der Waals surface area contributed by atoms with E-state index in [1.54, 1.807) is 32.3 Å². The van der Waals surface area contributed by atoms with Crippen molar-refractivity contribution < 1.29 is 29.0 Å². The number of carbonyl (C=O) groups excluding carboxylic acids is 3. The van der Waals surface area contributed by atoms with Crippen LogP contribution in [0.2, 0.25) is 0 Å². The summed E-state index contributed by atoms with van der Waals surface area (Å²) in [7, 11) is 6.27. The lowest BCUT2D eigenvalue weighted by Gasteiger charge is -2.26. The lowest BCUT2D eigenvalue weighted by Crippen LogP contribution is -2.43. The van der Waals surface area contributed by atoms with E-state index in [1.807, 2.05) is 31.2 Å². The highest BCUT2D eigenvalue weighted by molar-refractivity contribution is 6.01. The van der Waals surface area contributed by atoms with Crippen LogP contribution in [0.4, 0.5) is 21.0 Å². The van der Waals surface area contributed by atoms with Crippen LogP contribution in [0.3, 0.4) is 0 Å². The lowest BCUT2D eigenvalue weighted by molar-refractivity contribution is -0.137. The van der Waals surface area contributed by atoms with Crippen LogP contribution in [0, 0.1) is 6.92 Å². The second-order valence-electron chi connectivity index (χ2n) is 8.69. The summed E-state index contributed by atoms with van der Waals surface area (Å²) >= 11 is 0. The average molecular weight is 514 g/mol. The van der Waals surface area contributed by atoms with Crippen molar-refractivity contribution in [2.24, 2.45) is 0 Å². The highest BCUT2D eigenvalue weighted by Crippen LogP contribution is 2.26. The van der Waals surface area contributed by atoms with E-state index in [9.17, 15) is 19.2 Å². The first-order valence-electron chi connectivity index (χ1n) is 11.7. The van der Waals surface area contributed by atoms with Gasteiger partial charge in [-0.25, -0.2) is 9.59 Å². The number of anilines is 2. The van der Waals surface area contributed by atoms with E-state index in [0.717, 1.165) is 5.56 Å². The summed E-state index contributed by atoms with van der Waals surface area (Å²) in [5, 5.41) is 14.3. The number of benzene rings is 2. The third kappa shape index (κ3) is 9.02. The highest BCUT2D eigenvalue weighted by atomic mass is 16.5. The number of rotatable bonds is 11. The Balaban J connectivity index is 1.91. The Hall–Kier alpha value is -4.28. The van der Waals surface area contributed by atoms with E-state index < -0.39 is 12.0 Å². The Morgan fingerprint density at radius 3 is 2.14 bits per heavy atom. The maximum atomic E-state index is 12.7. The number of carbonyl (C=O) groups is 4. The quantitative estimate of drug-likeness (QED) is 0.423. The second-order valence-corrected chi connectivity index (χ2v) is 8.69. The molecule has 0 fully saturated rings. The number of hydrogen-bond donors (Lipinski definition) is 3. The fraction of sp³-hybridized carbons (Fsp3) is 0.385. The second kappa shape index (κ2) is 13.7. The van der Waals surface area contributed by atoms with Gasteiger partial charge in [0.1, 0.15) is 5.75 Å². The third-order valence-corrected chi connectivity index (χ3v) is 5.77. The van der Waals surface area contributed by atoms with E-state index in [1.165, 1.54) is 28.9 Å². The van der Waals surface area contributed by atoms with Crippen LogP contribution >= 0.6 is 0 Å². The molecule has 0 atom stereocenters. The molecule has 5 amide bonds. The lowest BCUT2D eigenvalue weighted by atomic mass is 10.1. The minimum Gasteiger partial charge on any atom is -0.495 e. The molecule has 0 bridgehead atoms. The zero-order valence-electron chi connectivity index (χ0n) is 21.9. The number of para-hydroxylation sites is 1. The molecule has 0 aliphatic carbocycles. The van der Waals surface area contributed by atoms with Crippen molar-refractivity contribution in [1.29, 1.82) is 0 Å². The molecule has 37 heavy (non-hydrogen) atoms. The van der Waals surface area contributed by atoms with E-state index in [4.69, 9.17) is 9.84 Å². The van der Waals surface area contributed by atoms with Gasteiger partial charge in [-0.15, -0.1) is 0 Å². The Morgan fingerprint density at radius 1 is 0.865 bits per heavy atom. The van der Waals surface area contributed by atoms with Crippen molar-refractivity contribution in [3.63, 3.8) is 0 Å². The Kier molecular flexibility index (Phi) is 10.7. The summed E-state index contributed by atoms with van der Waals surface area (Å²) in [5.74, 6) is -0.707. The molecule has 0 saturated carbocycles. The number of ether oxygens (including phenoxy) is 1. The van der Waals surface area contributed by atoms with E-state index in [-0.39, 0.29) is 31.3 Å². The fourth-order valence-electron chi connectivity index (χ4n) is 3.42. The molecule has 0 aliphatic rings. The number of amides is 5. The molecule has 2 rings (SSSR count). The van der Waals surface area contributed by atoms with Crippen molar-refractivity contribution in [1.82, 2.24) is 14.7 Å². The van der Waals surface area contributed by atoms with Gasteiger partial charge in [0.05, 0.1) is 25.6 Å². The number of urea groups is 2. The molecule has 200 valence electrons. The first-order valence-corrected chi connectivity index (χ1v) is 11.7. The molecule has 11 heteroatoms. The number of nitrogens with zero attached hydrogens (tertiary/aromatic N) is 3. The Labute approximate surface area is 217 Å². The molecule has 0 heterocycles. The molecule has 2 aromatic carbocycles. The number of methoxy groups -OCH3 is 1. The van der Waals surface area contributed by atoms with Crippen LogP contribution in [0.5, 0.6) is 5.75 Å². The SMILES string of the molecule is COc1cc(CC(=O)N(C)CCN(C)C(=O)N(C)CCC(=O)O)ccc1NC(=O)Nc1ccccc1C. The maximum absolute atomic E-state index is 12.7. The van der Waals surface area contributed by atoms with Gasteiger partial charge >= 0.3 is 18.0 Å². The van der Waals surface area contributed by atoms with Crippen molar-refractivity contribution in [3.8, 4) is 5.75 Å². The summed E-state index contributed by atoms with van der Waals surface area (Å²) in [6, 6.07) is 11.8.